The van der Waals surface area contributed by atoms with Gasteiger partial charge in [0.05, 0.1) is 0 Å². The van der Waals surface area contributed by atoms with Gasteiger partial charge in [0.25, 0.3) is 0 Å². The minimum atomic E-state index is 0.641. The maximum Gasteiger partial charge on any atom is 0.122 e. The average Bonchev–Trinajstić information content (AvgIpc) is 2.91. The van der Waals surface area contributed by atoms with Crippen molar-refractivity contribution in [1.29, 1.82) is 0 Å². The topological polar surface area (TPSA) is 38.5 Å². The highest BCUT2D eigenvalue weighted by molar-refractivity contribution is 5.35. The van der Waals surface area contributed by atoms with E-state index < -0.39 is 0 Å². The summed E-state index contributed by atoms with van der Waals surface area (Å²) in [7, 11) is 2.20. The highest BCUT2D eigenvalue weighted by Crippen LogP contribution is 2.28. The molecule has 2 unspecified atom stereocenters. The number of nitrogens with two attached hydrogens (primary N) is 1. The minimum absolute atomic E-state index is 0.641. The van der Waals surface area contributed by atoms with Crippen LogP contribution in [0.15, 0.2) is 18.2 Å². The highest BCUT2D eigenvalue weighted by atomic mass is 16.5. The van der Waals surface area contributed by atoms with Crippen LogP contribution in [0.25, 0.3) is 0 Å². The smallest absolute Gasteiger partial charge is 0.122 e. The summed E-state index contributed by atoms with van der Waals surface area (Å²) in [5.74, 6) is 1.68. The summed E-state index contributed by atoms with van der Waals surface area (Å²) in [6, 6.07) is 7.00. The lowest BCUT2D eigenvalue weighted by molar-refractivity contribution is 0.164. The average molecular weight is 276 g/mol. The Bertz CT molecular complexity index is 433. The van der Waals surface area contributed by atoms with Gasteiger partial charge in [-0.3, -0.25) is 4.90 Å². The van der Waals surface area contributed by atoms with Crippen molar-refractivity contribution in [2.24, 2.45) is 11.7 Å². The number of nitrogens with zero attached hydrogens (tertiary/aromatic N) is 1. The number of benzene rings is 1. The predicted molar refractivity (Wildman–Crippen MR) is 84.2 cm³/mol. The highest BCUT2D eigenvalue weighted by Gasteiger charge is 2.28. The van der Waals surface area contributed by atoms with E-state index in [0.29, 0.717) is 12.0 Å². The second kappa shape index (κ2) is 7.09. The molecule has 0 amide bonds. The molecule has 0 aliphatic heterocycles. The van der Waals surface area contributed by atoms with Crippen molar-refractivity contribution in [3.05, 3.63) is 29.3 Å². The monoisotopic (exact) mass is 276 g/mol. The molecule has 3 nitrogen and oxygen atoms in total. The fourth-order valence-electron chi connectivity index (χ4n) is 3.20. The first-order valence-corrected chi connectivity index (χ1v) is 7.72. The summed E-state index contributed by atoms with van der Waals surface area (Å²) in [5.41, 5.74) is 8.32. The molecule has 20 heavy (non-hydrogen) atoms. The summed E-state index contributed by atoms with van der Waals surface area (Å²) >= 11 is 0. The van der Waals surface area contributed by atoms with Crippen LogP contribution in [0, 0.1) is 19.8 Å². The Balaban J connectivity index is 1.82. The standard InChI is InChI=1S/C17H28N2O/c1-13-7-8-14(2)17(11-13)20-10-9-19(3)16-6-4-5-15(16)12-18/h7-8,11,15-16H,4-6,9-10,12,18H2,1-3H3. The zero-order valence-electron chi connectivity index (χ0n) is 13.1. The van der Waals surface area contributed by atoms with Crippen molar-refractivity contribution in [1.82, 2.24) is 4.90 Å². The molecule has 0 radical (unpaired) electrons. The molecule has 3 heteroatoms. The van der Waals surface area contributed by atoms with Crippen molar-refractivity contribution in [2.45, 2.75) is 39.2 Å². The molecule has 0 spiro atoms. The minimum Gasteiger partial charge on any atom is -0.492 e. The number of aryl methyl sites for hydroxylation is 2. The lowest BCUT2D eigenvalue weighted by Gasteiger charge is -2.29. The van der Waals surface area contributed by atoms with Gasteiger partial charge in [-0.15, -0.1) is 0 Å². The lowest BCUT2D eigenvalue weighted by Crippen LogP contribution is -2.39. The van der Waals surface area contributed by atoms with Crippen molar-refractivity contribution < 1.29 is 4.74 Å². The first-order chi connectivity index (χ1) is 9.61. The molecule has 0 bridgehead atoms. The molecular weight excluding hydrogens is 248 g/mol. The van der Waals surface area contributed by atoms with E-state index in [4.69, 9.17) is 10.5 Å². The van der Waals surface area contributed by atoms with E-state index in [1.54, 1.807) is 0 Å². The molecule has 1 aromatic rings. The van der Waals surface area contributed by atoms with Gasteiger partial charge in [0.15, 0.2) is 0 Å². The lowest BCUT2D eigenvalue weighted by atomic mass is 10.0. The van der Waals surface area contributed by atoms with Crippen molar-refractivity contribution in [2.75, 3.05) is 26.7 Å². The summed E-state index contributed by atoms with van der Waals surface area (Å²) in [6.07, 6.45) is 3.87. The van der Waals surface area contributed by atoms with Gasteiger partial charge in [0, 0.05) is 12.6 Å². The van der Waals surface area contributed by atoms with E-state index in [9.17, 15) is 0 Å². The summed E-state index contributed by atoms with van der Waals surface area (Å²) in [4.78, 5) is 2.43. The quantitative estimate of drug-likeness (QED) is 0.868. The summed E-state index contributed by atoms with van der Waals surface area (Å²) in [5, 5.41) is 0. The molecule has 1 aliphatic carbocycles. The molecule has 2 rings (SSSR count). The van der Waals surface area contributed by atoms with Crippen LogP contribution in [-0.4, -0.2) is 37.7 Å². The van der Waals surface area contributed by atoms with Crippen LogP contribution in [0.3, 0.4) is 0 Å². The van der Waals surface area contributed by atoms with E-state index in [0.717, 1.165) is 25.4 Å². The van der Waals surface area contributed by atoms with Gasteiger partial charge in [0.1, 0.15) is 12.4 Å². The van der Waals surface area contributed by atoms with Crippen LogP contribution in [0.2, 0.25) is 0 Å². The molecule has 1 saturated carbocycles. The van der Waals surface area contributed by atoms with Crippen LogP contribution < -0.4 is 10.5 Å². The van der Waals surface area contributed by atoms with Gasteiger partial charge in [-0.05, 0) is 63.4 Å². The molecule has 0 heterocycles. The Labute approximate surface area is 123 Å². The summed E-state index contributed by atoms with van der Waals surface area (Å²) < 4.78 is 5.94. The number of likely N-dealkylation sites (N-methyl/N-ethyl adjacent to an activating group) is 1. The predicted octanol–water partition coefficient (Wildman–Crippen LogP) is 2.74. The van der Waals surface area contributed by atoms with Gasteiger partial charge >= 0.3 is 0 Å². The van der Waals surface area contributed by atoms with Crippen LogP contribution >= 0.6 is 0 Å². The summed E-state index contributed by atoms with van der Waals surface area (Å²) in [6.45, 7) is 6.72. The SMILES string of the molecule is Cc1ccc(C)c(OCCN(C)C2CCCC2CN)c1. The Hall–Kier alpha value is -1.06. The fraction of sp³-hybridized carbons (Fsp3) is 0.647. The fourth-order valence-corrected chi connectivity index (χ4v) is 3.20. The molecule has 1 aromatic carbocycles. The molecule has 1 aliphatic rings. The Morgan fingerprint density at radius 1 is 1.30 bits per heavy atom. The number of hydrogen-bond acceptors (Lipinski definition) is 3. The zero-order valence-corrected chi connectivity index (χ0v) is 13.1. The van der Waals surface area contributed by atoms with E-state index in [1.807, 2.05) is 0 Å². The van der Waals surface area contributed by atoms with E-state index >= 15 is 0 Å². The molecule has 2 N–H and O–H groups in total. The van der Waals surface area contributed by atoms with Crippen LogP contribution in [0.1, 0.15) is 30.4 Å². The Kier molecular flexibility index (Phi) is 5.44. The maximum atomic E-state index is 5.94. The van der Waals surface area contributed by atoms with E-state index in [2.05, 4.69) is 44.0 Å². The molecule has 1 fully saturated rings. The first-order valence-electron chi connectivity index (χ1n) is 7.72. The number of rotatable bonds is 6. The molecular formula is C17H28N2O. The largest absolute Gasteiger partial charge is 0.492 e. The van der Waals surface area contributed by atoms with Gasteiger partial charge in [-0.25, -0.2) is 0 Å². The maximum absolute atomic E-state index is 5.94. The zero-order chi connectivity index (χ0) is 14.5. The van der Waals surface area contributed by atoms with Gasteiger partial charge in [0.2, 0.25) is 0 Å². The normalized spacial score (nSPS) is 22.4. The first kappa shape index (κ1) is 15.3. The second-order valence-electron chi connectivity index (χ2n) is 6.09. The molecule has 0 saturated heterocycles. The van der Waals surface area contributed by atoms with E-state index in [-0.39, 0.29) is 0 Å². The third-order valence-corrected chi connectivity index (χ3v) is 4.53. The van der Waals surface area contributed by atoms with Crippen molar-refractivity contribution in [3.8, 4) is 5.75 Å². The van der Waals surface area contributed by atoms with Crippen LogP contribution in [0.5, 0.6) is 5.75 Å². The van der Waals surface area contributed by atoms with Gasteiger partial charge in [-0.1, -0.05) is 18.6 Å². The second-order valence-corrected chi connectivity index (χ2v) is 6.09. The Morgan fingerprint density at radius 2 is 2.10 bits per heavy atom. The third kappa shape index (κ3) is 3.74. The Morgan fingerprint density at radius 3 is 2.85 bits per heavy atom. The number of hydrogen-bond donors (Lipinski definition) is 1. The van der Waals surface area contributed by atoms with Gasteiger partial charge < -0.3 is 10.5 Å². The molecule has 2 atom stereocenters. The van der Waals surface area contributed by atoms with Crippen molar-refractivity contribution >= 4 is 0 Å². The van der Waals surface area contributed by atoms with Gasteiger partial charge in [-0.2, -0.15) is 0 Å². The third-order valence-electron chi connectivity index (χ3n) is 4.53. The van der Waals surface area contributed by atoms with Crippen molar-refractivity contribution in [3.63, 3.8) is 0 Å². The van der Waals surface area contributed by atoms with Crippen LogP contribution in [0.4, 0.5) is 0 Å². The number of ether oxygens (including phenoxy) is 1. The molecule has 0 aromatic heterocycles. The van der Waals surface area contributed by atoms with E-state index in [1.165, 1.54) is 30.4 Å². The van der Waals surface area contributed by atoms with Crippen LogP contribution in [-0.2, 0) is 0 Å². The molecule has 112 valence electrons.